The van der Waals surface area contributed by atoms with Crippen molar-refractivity contribution in [3.05, 3.63) is 53.0 Å². The molecule has 2 rings (SSSR count). The standard InChI is InChI=1S/C16H20N2O4S/c1-11-6-5-7-14(12(11)2)18(3)16(19)15-9-8-13(22-15)10-17-23(4,20)21/h5-9,17H,10H2,1-4H3. The lowest BCUT2D eigenvalue weighted by molar-refractivity contribution is 0.0964. The molecule has 0 radical (unpaired) electrons. The molecule has 6 nitrogen and oxygen atoms in total. The van der Waals surface area contributed by atoms with E-state index in [1.165, 1.54) is 4.90 Å². The van der Waals surface area contributed by atoms with Gasteiger partial charge < -0.3 is 9.32 Å². The highest BCUT2D eigenvalue weighted by atomic mass is 32.2. The highest BCUT2D eigenvalue weighted by Gasteiger charge is 2.19. The molecule has 1 amide bonds. The second kappa shape index (κ2) is 6.55. The zero-order chi connectivity index (χ0) is 17.2. The lowest BCUT2D eigenvalue weighted by Gasteiger charge is -2.19. The van der Waals surface area contributed by atoms with E-state index in [1.807, 2.05) is 32.0 Å². The molecule has 0 saturated carbocycles. The predicted molar refractivity (Wildman–Crippen MR) is 89.0 cm³/mol. The highest BCUT2D eigenvalue weighted by Crippen LogP contribution is 2.23. The van der Waals surface area contributed by atoms with Crippen molar-refractivity contribution in [2.24, 2.45) is 0 Å². The zero-order valence-electron chi connectivity index (χ0n) is 13.6. The third-order valence-electron chi connectivity index (χ3n) is 3.62. The van der Waals surface area contributed by atoms with E-state index in [1.54, 1.807) is 19.2 Å². The number of amides is 1. The largest absolute Gasteiger partial charge is 0.455 e. The summed E-state index contributed by atoms with van der Waals surface area (Å²) in [7, 11) is -1.63. The van der Waals surface area contributed by atoms with Crippen molar-refractivity contribution in [1.82, 2.24) is 4.72 Å². The van der Waals surface area contributed by atoms with Crippen LogP contribution < -0.4 is 9.62 Å². The SMILES string of the molecule is Cc1cccc(N(C)C(=O)c2ccc(CNS(C)(=O)=O)o2)c1C. The van der Waals surface area contributed by atoms with Crippen molar-refractivity contribution < 1.29 is 17.6 Å². The van der Waals surface area contributed by atoms with Crippen LogP contribution in [0, 0.1) is 13.8 Å². The summed E-state index contributed by atoms with van der Waals surface area (Å²) in [5.41, 5.74) is 2.93. The summed E-state index contributed by atoms with van der Waals surface area (Å²) in [6, 6.07) is 8.88. The summed E-state index contributed by atoms with van der Waals surface area (Å²) in [5.74, 6) is 0.260. The van der Waals surface area contributed by atoms with Crippen LogP contribution in [-0.2, 0) is 16.6 Å². The van der Waals surface area contributed by atoms with Gasteiger partial charge >= 0.3 is 0 Å². The molecule has 0 saturated heterocycles. The van der Waals surface area contributed by atoms with E-state index < -0.39 is 10.0 Å². The molecule has 0 aliphatic rings. The van der Waals surface area contributed by atoms with Crippen molar-refractivity contribution in [2.75, 3.05) is 18.2 Å². The molecule has 0 atom stereocenters. The molecule has 1 aromatic carbocycles. The lowest BCUT2D eigenvalue weighted by Crippen LogP contribution is -2.26. The number of anilines is 1. The minimum Gasteiger partial charge on any atom is -0.455 e. The van der Waals surface area contributed by atoms with Crippen LogP contribution in [0.25, 0.3) is 0 Å². The Morgan fingerprint density at radius 2 is 1.91 bits per heavy atom. The number of hydrogen-bond acceptors (Lipinski definition) is 4. The number of benzene rings is 1. The number of furan rings is 1. The summed E-state index contributed by atoms with van der Waals surface area (Å²) in [5, 5.41) is 0. The molecule has 0 aliphatic heterocycles. The predicted octanol–water partition coefficient (Wildman–Crippen LogP) is 2.22. The van der Waals surface area contributed by atoms with Crippen molar-refractivity contribution in [3.63, 3.8) is 0 Å². The van der Waals surface area contributed by atoms with E-state index in [9.17, 15) is 13.2 Å². The number of sulfonamides is 1. The van der Waals surface area contributed by atoms with E-state index in [0.717, 1.165) is 23.1 Å². The number of rotatable bonds is 5. The monoisotopic (exact) mass is 336 g/mol. The Morgan fingerprint density at radius 3 is 2.57 bits per heavy atom. The fourth-order valence-electron chi connectivity index (χ4n) is 2.16. The Balaban J connectivity index is 2.17. The molecule has 2 aromatic rings. The van der Waals surface area contributed by atoms with Crippen LogP contribution in [-0.4, -0.2) is 27.6 Å². The minimum absolute atomic E-state index is 0.0132. The van der Waals surface area contributed by atoms with Crippen LogP contribution in [0.3, 0.4) is 0 Å². The Labute approximate surface area is 136 Å². The first-order valence-corrected chi connectivity index (χ1v) is 8.96. The van der Waals surface area contributed by atoms with Gasteiger partial charge in [0.05, 0.1) is 12.8 Å². The number of hydrogen-bond donors (Lipinski definition) is 1. The maximum absolute atomic E-state index is 12.5. The van der Waals surface area contributed by atoms with Gasteiger partial charge in [-0.2, -0.15) is 0 Å². The molecule has 1 heterocycles. The van der Waals surface area contributed by atoms with E-state index in [4.69, 9.17) is 4.42 Å². The molecule has 0 bridgehead atoms. The Kier molecular flexibility index (Phi) is 4.91. The van der Waals surface area contributed by atoms with Gasteiger partial charge in [0.2, 0.25) is 10.0 Å². The van der Waals surface area contributed by atoms with E-state index in [2.05, 4.69) is 4.72 Å². The molecule has 7 heteroatoms. The van der Waals surface area contributed by atoms with Crippen molar-refractivity contribution in [3.8, 4) is 0 Å². The molecule has 0 spiro atoms. The summed E-state index contributed by atoms with van der Waals surface area (Å²) in [4.78, 5) is 14.0. The first-order valence-electron chi connectivity index (χ1n) is 7.06. The van der Waals surface area contributed by atoms with Gasteiger partial charge in [-0.15, -0.1) is 0 Å². The van der Waals surface area contributed by atoms with E-state index in [0.29, 0.717) is 5.76 Å². The summed E-state index contributed by atoms with van der Waals surface area (Å²) >= 11 is 0. The molecule has 23 heavy (non-hydrogen) atoms. The first-order chi connectivity index (χ1) is 10.7. The van der Waals surface area contributed by atoms with E-state index in [-0.39, 0.29) is 18.2 Å². The van der Waals surface area contributed by atoms with Crippen molar-refractivity contribution in [2.45, 2.75) is 20.4 Å². The number of nitrogens with zero attached hydrogens (tertiary/aromatic N) is 1. The smallest absolute Gasteiger partial charge is 0.293 e. The molecule has 0 unspecified atom stereocenters. The lowest BCUT2D eigenvalue weighted by atomic mass is 10.1. The summed E-state index contributed by atoms with van der Waals surface area (Å²) < 4.78 is 29.9. The first kappa shape index (κ1) is 17.2. The Morgan fingerprint density at radius 1 is 1.22 bits per heavy atom. The molecular weight excluding hydrogens is 316 g/mol. The maximum atomic E-state index is 12.5. The van der Waals surface area contributed by atoms with Gasteiger partial charge in [-0.1, -0.05) is 12.1 Å². The topological polar surface area (TPSA) is 79.6 Å². The minimum atomic E-state index is -3.31. The van der Waals surface area contributed by atoms with Crippen LogP contribution in [0.15, 0.2) is 34.7 Å². The van der Waals surface area contributed by atoms with Crippen LogP contribution in [0.4, 0.5) is 5.69 Å². The van der Waals surface area contributed by atoms with E-state index >= 15 is 0 Å². The number of carbonyl (C=O) groups is 1. The third kappa shape index (κ3) is 4.20. The van der Waals surface area contributed by atoms with Gasteiger partial charge in [0.1, 0.15) is 5.76 Å². The van der Waals surface area contributed by atoms with Crippen LogP contribution in [0.1, 0.15) is 27.4 Å². The van der Waals surface area contributed by atoms with Gasteiger partial charge in [-0.25, -0.2) is 13.1 Å². The van der Waals surface area contributed by atoms with Gasteiger partial charge in [-0.05, 0) is 43.2 Å². The second-order valence-corrected chi connectivity index (χ2v) is 7.28. The van der Waals surface area contributed by atoms with Crippen LogP contribution >= 0.6 is 0 Å². The van der Waals surface area contributed by atoms with Gasteiger partial charge in [0.15, 0.2) is 5.76 Å². The molecule has 1 N–H and O–H groups in total. The fraction of sp³-hybridized carbons (Fsp3) is 0.312. The van der Waals surface area contributed by atoms with Gasteiger partial charge in [0.25, 0.3) is 5.91 Å². The maximum Gasteiger partial charge on any atom is 0.293 e. The van der Waals surface area contributed by atoms with Gasteiger partial charge in [-0.3, -0.25) is 4.79 Å². The number of aryl methyl sites for hydroxylation is 1. The molecule has 1 aromatic heterocycles. The Hall–Kier alpha value is -2.12. The van der Waals surface area contributed by atoms with Crippen LogP contribution in [0.2, 0.25) is 0 Å². The third-order valence-corrected chi connectivity index (χ3v) is 4.29. The Bertz CT molecular complexity index is 824. The van der Waals surface area contributed by atoms with Crippen molar-refractivity contribution >= 4 is 21.6 Å². The normalized spacial score (nSPS) is 11.5. The summed E-state index contributed by atoms with van der Waals surface area (Å²) in [6.07, 6.45) is 1.07. The van der Waals surface area contributed by atoms with Crippen molar-refractivity contribution in [1.29, 1.82) is 0 Å². The molecule has 0 aliphatic carbocycles. The molecule has 124 valence electrons. The zero-order valence-corrected chi connectivity index (χ0v) is 14.4. The quantitative estimate of drug-likeness (QED) is 0.908. The van der Waals surface area contributed by atoms with Crippen LogP contribution in [0.5, 0.6) is 0 Å². The highest BCUT2D eigenvalue weighted by molar-refractivity contribution is 7.88. The second-order valence-electron chi connectivity index (χ2n) is 5.44. The fourth-order valence-corrected chi connectivity index (χ4v) is 2.57. The van der Waals surface area contributed by atoms with Gasteiger partial charge in [0, 0.05) is 12.7 Å². The number of carbonyl (C=O) groups excluding carboxylic acids is 1. The average molecular weight is 336 g/mol. The average Bonchev–Trinajstić information content (AvgIpc) is 2.95. The molecular formula is C16H20N2O4S. The number of nitrogens with one attached hydrogen (secondary N) is 1. The molecule has 0 fully saturated rings. The summed E-state index contributed by atoms with van der Waals surface area (Å²) in [6.45, 7) is 3.95.